The number of carbonyl (C=O) groups excluding carboxylic acids is 2. The summed E-state index contributed by atoms with van der Waals surface area (Å²) < 4.78 is 27.0. The molecule has 0 aromatic heterocycles. The molecule has 7 nitrogen and oxygen atoms in total. The van der Waals surface area contributed by atoms with E-state index in [2.05, 4.69) is 0 Å². The third-order valence-corrected chi connectivity index (χ3v) is 7.54. The molecule has 0 bridgehead atoms. The molecule has 0 saturated carbocycles. The average molecular weight is 408 g/mol. The zero-order valence-electron chi connectivity index (χ0n) is 16.2. The van der Waals surface area contributed by atoms with Gasteiger partial charge in [0.2, 0.25) is 22.3 Å². The van der Waals surface area contributed by atoms with Crippen molar-refractivity contribution in [1.82, 2.24) is 14.1 Å². The fourth-order valence-corrected chi connectivity index (χ4v) is 5.52. The summed E-state index contributed by atoms with van der Waals surface area (Å²) in [5, 5.41) is 0. The quantitative estimate of drug-likeness (QED) is 0.631. The number of hydrogen-bond donors (Lipinski definition) is 0. The lowest BCUT2D eigenvalue weighted by molar-refractivity contribution is -0.140. The summed E-state index contributed by atoms with van der Waals surface area (Å²) in [7, 11) is -3.36. The molecular weight excluding hydrogens is 378 g/mol. The van der Waals surface area contributed by atoms with Gasteiger partial charge < -0.3 is 9.80 Å². The summed E-state index contributed by atoms with van der Waals surface area (Å²) in [6, 6.07) is 9.88. The number of sulfonamides is 1. The van der Waals surface area contributed by atoms with E-state index >= 15 is 0 Å². The van der Waals surface area contributed by atoms with Gasteiger partial charge in [0, 0.05) is 39.3 Å². The number of rotatable bonds is 7. The van der Waals surface area contributed by atoms with Crippen LogP contribution in [0.3, 0.4) is 0 Å². The summed E-state index contributed by atoms with van der Waals surface area (Å²) in [6.45, 7) is 2.92. The van der Waals surface area contributed by atoms with Crippen molar-refractivity contribution < 1.29 is 18.0 Å². The highest BCUT2D eigenvalue weighted by molar-refractivity contribution is 7.89. The number of piperazine rings is 1. The first-order valence-corrected chi connectivity index (χ1v) is 11.6. The largest absolute Gasteiger partial charge is 0.342 e. The van der Waals surface area contributed by atoms with E-state index in [-0.39, 0.29) is 24.1 Å². The zero-order chi connectivity index (χ0) is 20.0. The van der Waals surface area contributed by atoms with Gasteiger partial charge in [-0.15, -0.1) is 0 Å². The van der Waals surface area contributed by atoms with Crippen molar-refractivity contribution in [3.05, 3.63) is 35.9 Å². The molecule has 1 atom stereocenters. The Balaban J connectivity index is 1.51. The van der Waals surface area contributed by atoms with E-state index in [0.29, 0.717) is 45.6 Å². The summed E-state index contributed by atoms with van der Waals surface area (Å²) in [5.41, 5.74) is 1.14. The molecule has 2 fully saturated rings. The monoisotopic (exact) mass is 407 g/mol. The molecule has 0 N–H and O–H groups in total. The minimum Gasteiger partial charge on any atom is -0.342 e. The van der Waals surface area contributed by atoms with E-state index < -0.39 is 10.0 Å². The van der Waals surface area contributed by atoms with Gasteiger partial charge in [0.15, 0.2) is 0 Å². The van der Waals surface area contributed by atoms with Gasteiger partial charge in [0.1, 0.15) is 0 Å². The van der Waals surface area contributed by atoms with Crippen LogP contribution in [0.1, 0.15) is 24.8 Å². The Morgan fingerprint density at radius 2 is 1.79 bits per heavy atom. The van der Waals surface area contributed by atoms with Gasteiger partial charge in [-0.1, -0.05) is 30.3 Å². The summed E-state index contributed by atoms with van der Waals surface area (Å²) >= 11 is 0. The minimum absolute atomic E-state index is 0.0229. The van der Waals surface area contributed by atoms with Crippen LogP contribution < -0.4 is 0 Å². The topological polar surface area (TPSA) is 78.0 Å². The van der Waals surface area contributed by atoms with Gasteiger partial charge in [-0.2, -0.15) is 0 Å². The van der Waals surface area contributed by atoms with Crippen LogP contribution in [0, 0.1) is 5.92 Å². The first-order chi connectivity index (χ1) is 13.5. The lowest BCUT2D eigenvalue weighted by Gasteiger charge is -2.37. The zero-order valence-corrected chi connectivity index (χ0v) is 17.0. The van der Waals surface area contributed by atoms with E-state index in [9.17, 15) is 18.0 Å². The van der Waals surface area contributed by atoms with Crippen LogP contribution in [-0.2, 0) is 26.0 Å². The van der Waals surface area contributed by atoms with Crippen molar-refractivity contribution in [2.24, 2.45) is 5.92 Å². The molecular formula is C20H29N3O4S. The summed E-state index contributed by atoms with van der Waals surface area (Å²) in [6.07, 6.45) is 3.56. The number of hydrogen-bond acceptors (Lipinski definition) is 4. The normalized spacial score (nSPS) is 21.5. The Bertz CT molecular complexity index is 761. The molecule has 2 amide bonds. The molecule has 8 heteroatoms. The number of carbonyl (C=O) groups is 2. The third kappa shape index (κ3) is 5.32. The predicted molar refractivity (Wildman–Crippen MR) is 107 cm³/mol. The van der Waals surface area contributed by atoms with Crippen molar-refractivity contribution in [2.75, 3.05) is 45.0 Å². The fourth-order valence-electron chi connectivity index (χ4n) is 3.94. The maximum atomic E-state index is 12.8. The van der Waals surface area contributed by atoms with E-state index in [4.69, 9.17) is 0 Å². The lowest BCUT2D eigenvalue weighted by Crippen LogP contribution is -2.52. The first-order valence-electron chi connectivity index (χ1n) is 9.99. The van der Waals surface area contributed by atoms with Gasteiger partial charge in [0.05, 0.1) is 11.7 Å². The van der Waals surface area contributed by atoms with Crippen molar-refractivity contribution in [3.8, 4) is 0 Å². The molecule has 0 aliphatic carbocycles. The molecule has 2 aliphatic heterocycles. The third-order valence-electron chi connectivity index (χ3n) is 5.61. The van der Waals surface area contributed by atoms with Gasteiger partial charge in [-0.3, -0.25) is 9.59 Å². The average Bonchev–Trinajstić information content (AvgIpc) is 2.74. The van der Waals surface area contributed by atoms with Crippen molar-refractivity contribution in [3.63, 3.8) is 0 Å². The van der Waals surface area contributed by atoms with Crippen molar-refractivity contribution >= 4 is 22.3 Å². The van der Waals surface area contributed by atoms with Gasteiger partial charge in [-0.05, 0) is 31.2 Å². The molecule has 3 rings (SSSR count). The lowest BCUT2D eigenvalue weighted by atomic mass is 9.98. The Morgan fingerprint density at radius 1 is 1.07 bits per heavy atom. The molecule has 2 saturated heterocycles. The molecule has 0 spiro atoms. The molecule has 28 heavy (non-hydrogen) atoms. The van der Waals surface area contributed by atoms with Gasteiger partial charge in [0.25, 0.3) is 0 Å². The van der Waals surface area contributed by atoms with Crippen LogP contribution in [0.2, 0.25) is 0 Å². The van der Waals surface area contributed by atoms with E-state index in [1.165, 1.54) is 4.31 Å². The molecule has 1 unspecified atom stereocenters. The summed E-state index contributed by atoms with van der Waals surface area (Å²) in [4.78, 5) is 27.1. The predicted octanol–water partition coefficient (Wildman–Crippen LogP) is 0.962. The fraction of sp³-hybridized carbons (Fsp3) is 0.600. The summed E-state index contributed by atoms with van der Waals surface area (Å²) in [5.74, 6) is -0.143. The number of nitrogens with zero attached hydrogens (tertiary/aromatic N) is 3. The number of aryl methyl sites for hydroxylation is 1. The van der Waals surface area contributed by atoms with Crippen LogP contribution >= 0.6 is 0 Å². The number of benzene rings is 1. The maximum absolute atomic E-state index is 12.8. The highest BCUT2D eigenvalue weighted by Crippen LogP contribution is 2.22. The van der Waals surface area contributed by atoms with E-state index in [1.54, 1.807) is 9.80 Å². The SMILES string of the molecule is O=CN1CCN(C(=O)C2CCCN(S(=O)(=O)CCCc3ccccc3)C2)CC1. The molecule has 2 aliphatic rings. The van der Waals surface area contributed by atoms with E-state index in [1.807, 2.05) is 30.3 Å². The van der Waals surface area contributed by atoms with Gasteiger partial charge in [-0.25, -0.2) is 12.7 Å². The van der Waals surface area contributed by atoms with E-state index in [0.717, 1.165) is 24.8 Å². The number of piperidine rings is 1. The van der Waals surface area contributed by atoms with Crippen LogP contribution in [-0.4, -0.2) is 79.9 Å². The van der Waals surface area contributed by atoms with Crippen LogP contribution in [0.15, 0.2) is 30.3 Å². The highest BCUT2D eigenvalue weighted by atomic mass is 32.2. The van der Waals surface area contributed by atoms with Crippen molar-refractivity contribution in [2.45, 2.75) is 25.7 Å². The molecule has 1 aromatic carbocycles. The van der Waals surface area contributed by atoms with Crippen LogP contribution in [0.5, 0.6) is 0 Å². The Hall–Kier alpha value is -1.93. The first kappa shape index (κ1) is 20.8. The smallest absolute Gasteiger partial charge is 0.227 e. The maximum Gasteiger partial charge on any atom is 0.227 e. The Morgan fingerprint density at radius 3 is 2.46 bits per heavy atom. The number of amides is 2. The van der Waals surface area contributed by atoms with Crippen LogP contribution in [0.4, 0.5) is 0 Å². The Kier molecular flexibility index (Phi) is 7.07. The van der Waals surface area contributed by atoms with Gasteiger partial charge >= 0.3 is 0 Å². The molecule has 2 heterocycles. The highest BCUT2D eigenvalue weighted by Gasteiger charge is 2.34. The van der Waals surface area contributed by atoms with Crippen LogP contribution in [0.25, 0.3) is 0 Å². The second kappa shape index (κ2) is 9.52. The molecule has 0 radical (unpaired) electrons. The van der Waals surface area contributed by atoms with Crippen molar-refractivity contribution in [1.29, 1.82) is 0 Å². The second-order valence-corrected chi connectivity index (χ2v) is 9.66. The Labute approximate surface area is 167 Å². The second-order valence-electron chi connectivity index (χ2n) is 7.57. The minimum atomic E-state index is -3.36. The standard InChI is InChI=1S/C20H29N3O4S/c24-17-21-11-13-22(14-12-21)20(25)19-9-4-10-23(16-19)28(26,27)15-5-8-18-6-2-1-3-7-18/h1-3,6-7,17,19H,4-5,8-16H2. The molecule has 154 valence electrons. The molecule has 1 aromatic rings.